The van der Waals surface area contributed by atoms with Gasteiger partial charge < -0.3 is 9.64 Å². The number of ether oxygens (including phenoxy) is 1. The lowest BCUT2D eigenvalue weighted by Crippen LogP contribution is -2.44. The number of rotatable bonds is 7. The highest BCUT2D eigenvalue weighted by molar-refractivity contribution is 7.99. The van der Waals surface area contributed by atoms with Gasteiger partial charge in [-0.2, -0.15) is 0 Å². The highest BCUT2D eigenvalue weighted by Crippen LogP contribution is 2.26. The predicted octanol–water partition coefficient (Wildman–Crippen LogP) is 4.40. The third-order valence-electron chi connectivity index (χ3n) is 5.80. The number of carbonyl (C=O) groups is 1. The number of benzene rings is 1. The second-order valence-corrected chi connectivity index (χ2v) is 9.52. The summed E-state index contributed by atoms with van der Waals surface area (Å²) in [6.45, 7) is 3.31. The van der Waals surface area contributed by atoms with Crippen LogP contribution < -0.4 is 10.3 Å². The molecular formula is C23H27N3O3S2. The molecule has 164 valence electrons. The fourth-order valence-electron chi connectivity index (χ4n) is 4.14. The Bertz CT molecular complexity index is 1120. The molecule has 0 saturated carbocycles. The lowest BCUT2D eigenvalue weighted by Gasteiger charge is -2.35. The molecule has 8 heteroatoms. The molecule has 1 amide bonds. The standard InChI is InChI=1S/C23H27N3O3S2/c1-3-17-9-6-7-12-25(17)20(27)15-31-23-24-18-11-13-30-21(18)22(28)26(23)14-16-8-4-5-10-19(16)29-2/h4-5,8,10-11,13,17H,3,6-7,9,12,14-15H2,1-2H3/t17-/m0/s1. The Balaban J connectivity index is 1.63. The van der Waals surface area contributed by atoms with Crippen molar-refractivity contribution in [1.29, 1.82) is 0 Å². The van der Waals surface area contributed by atoms with Crippen LogP contribution in [0.1, 0.15) is 38.2 Å². The van der Waals surface area contributed by atoms with Gasteiger partial charge in [0.25, 0.3) is 5.56 Å². The van der Waals surface area contributed by atoms with Gasteiger partial charge in [0.2, 0.25) is 5.91 Å². The summed E-state index contributed by atoms with van der Waals surface area (Å²) in [6, 6.07) is 9.85. The highest BCUT2D eigenvalue weighted by atomic mass is 32.2. The Hall–Kier alpha value is -2.32. The van der Waals surface area contributed by atoms with Crippen LogP contribution in [0.2, 0.25) is 0 Å². The molecule has 0 spiro atoms. The van der Waals surface area contributed by atoms with Crippen LogP contribution in [0.4, 0.5) is 0 Å². The number of hydrogen-bond acceptors (Lipinski definition) is 6. The van der Waals surface area contributed by atoms with Gasteiger partial charge in [-0.05, 0) is 43.2 Å². The van der Waals surface area contributed by atoms with Crippen molar-refractivity contribution >= 4 is 39.2 Å². The molecule has 0 bridgehead atoms. The maximum atomic E-state index is 13.2. The van der Waals surface area contributed by atoms with Crippen molar-refractivity contribution in [2.75, 3.05) is 19.4 Å². The second kappa shape index (κ2) is 9.87. The maximum Gasteiger partial charge on any atom is 0.272 e. The van der Waals surface area contributed by atoms with E-state index in [9.17, 15) is 9.59 Å². The van der Waals surface area contributed by atoms with Crippen LogP contribution in [0.15, 0.2) is 45.7 Å². The molecule has 0 unspecified atom stereocenters. The molecule has 6 nitrogen and oxygen atoms in total. The maximum absolute atomic E-state index is 13.2. The molecule has 1 fully saturated rings. The molecule has 0 radical (unpaired) electrons. The summed E-state index contributed by atoms with van der Waals surface area (Å²) < 4.78 is 7.77. The molecule has 1 aliphatic heterocycles. The van der Waals surface area contributed by atoms with Crippen LogP contribution >= 0.6 is 23.1 Å². The first kappa shape index (κ1) is 21.9. The van der Waals surface area contributed by atoms with Crippen LogP contribution in [0, 0.1) is 0 Å². The number of thioether (sulfide) groups is 1. The molecule has 3 aromatic rings. The third-order valence-corrected chi connectivity index (χ3v) is 7.65. The van der Waals surface area contributed by atoms with Gasteiger partial charge in [0.1, 0.15) is 10.4 Å². The minimum atomic E-state index is -0.0785. The molecule has 1 saturated heterocycles. The Labute approximate surface area is 190 Å². The van der Waals surface area contributed by atoms with Gasteiger partial charge in [-0.25, -0.2) is 4.98 Å². The number of nitrogens with zero attached hydrogens (tertiary/aromatic N) is 3. The minimum Gasteiger partial charge on any atom is -0.496 e. The summed E-state index contributed by atoms with van der Waals surface area (Å²) in [5.74, 6) is 1.14. The number of amides is 1. The minimum absolute atomic E-state index is 0.0785. The zero-order valence-corrected chi connectivity index (χ0v) is 19.5. The number of piperidine rings is 1. The first-order valence-corrected chi connectivity index (χ1v) is 12.5. The van der Waals surface area contributed by atoms with Crippen LogP contribution in [0.5, 0.6) is 5.75 Å². The summed E-state index contributed by atoms with van der Waals surface area (Å²) in [7, 11) is 1.62. The molecular weight excluding hydrogens is 430 g/mol. The Morgan fingerprint density at radius 3 is 2.94 bits per heavy atom. The predicted molar refractivity (Wildman–Crippen MR) is 126 cm³/mol. The van der Waals surface area contributed by atoms with Crippen molar-refractivity contribution < 1.29 is 9.53 Å². The van der Waals surface area contributed by atoms with E-state index < -0.39 is 0 Å². The summed E-state index contributed by atoms with van der Waals surface area (Å²) >= 11 is 2.75. The Morgan fingerprint density at radius 1 is 1.29 bits per heavy atom. The normalized spacial score (nSPS) is 16.6. The lowest BCUT2D eigenvalue weighted by molar-refractivity contribution is -0.132. The number of fused-ring (bicyclic) bond motifs is 1. The van der Waals surface area contributed by atoms with Crippen LogP contribution in [-0.2, 0) is 11.3 Å². The number of aromatic nitrogens is 2. The van der Waals surface area contributed by atoms with E-state index in [2.05, 4.69) is 6.92 Å². The van der Waals surface area contributed by atoms with E-state index >= 15 is 0 Å². The van der Waals surface area contributed by atoms with Crippen molar-refractivity contribution in [2.24, 2.45) is 0 Å². The van der Waals surface area contributed by atoms with Gasteiger partial charge >= 0.3 is 0 Å². The molecule has 0 N–H and O–H groups in total. The third kappa shape index (κ3) is 4.65. The number of methoxy groups -OCH3 is 1. The topological polar surface area (TPSA) is 64.4 Å². The van der Waals surface area contributed by atoms with E-state index in [4.69, 9.17) is 9.72 Å². The first-order chi connectivity index (χ1) is 15.1. The summed E-state index contributed by atoms with van der Waals surface area (Å²) in [4.78, 5) is 33.0. The van der Waals surface area contributed by atoms with Gasteiger partial charge in [-0.1, -0.05) is 36.9 Å². The fraction of sp³-hybridized carbons (Fsp3) is 0.435. The van der Waals surface area contributed by atoms with Crippen LogP contribution in [-0.4, -0.2) is 45.8 Å². The zero-order valence-electron chi connectivity index (χ0n) is 17.9. The van der Waals surface area contributed by atoms with Crippen molar-refractivity contribution in [1.82, 2.24) is 14.5 Å². The van der Waals surface area contributed by atoms with Gasteiger partial charge in [0, 0.05) is 18.2 Å². The smallest absolute Gasteiger partial charge is 0.272 e. The molecule has 2 aromatic heterocycles. The number of thiophene rings is 1. The van der Waals surface area contributed by atoms with E-state index in [-0.39, 0.29) is 17.2 Å². The molecule has 3 heterocycles. The average molecular weight is 458 g/mol. The summed E-state index contributed by atoms with van der Waals surface area (Å²) in [6.07, 6.45) is 4.30. The monoisotopic (exact) mass is 457 g/mol. The SMILES string of the molecule is CC[C@H]1CCCCN1C(=O)CSc1nc2ccsc2c(=O)n1Cc1ccccc1OC. The van der Waals surface area contributed by atoms with Crippen LogP contribution in [0.3, 0.4) is 0 Å². The largest absolute Gasteiger partial charge is 0.496 e. The zero-order chi connectivity index (χ0) is 21.8. The molecule has 1 atom stereocenters. The molecule has 31 heavy (non-hydrogen) atoms. The van der Waals surface area contributed by atoms with Crippen molar-refractivity contribution in [3.05, 3.63) is 51.6 Å². The van der Waals surface area contributed by atoms with Crippen molar-refractivity contribution in [3.63, 3.8) is 0 Å². The molecule has 0 aliphatic carbocycles. The first-order valence-electron chi connectivity index (χ1n) is 10.6. The van der Waals surface area contributed by atoms with E-state index in [0.29, 0.717) is 28.0 Å². The van der Waals surface area contributed by atoms with Crippen molar-refractivity contribution in [3.8, 4) is 5.75 Å². The van der Waals surface area contributed by atoms with Crippen molar-refractivity contribution in [2.45, 2.75) is 50.4 Å². The number of carbonyl (C=O) groups excluding carboxylic acids is 1. The summed E-state index contributed by atoms with van der Waals surface area (Å²) in [5.41, 5.74) is 1.51. The van der Waals surface area contributed by atoms with E-state index in [1.54, 1.807) is 11.7 Å². The Kier molecular flexibility index (Phi) is 6.97. The number of likely N-dealkylation sites (tertiary alicyclic amines) is 1. The Morgan fingerprint density at radius 2 is 2.13 bits per heavy atom. The molecule has 1 aromatic carbocycles. The van der Waals surface area contributed by atoms with E-state index in [1.165, 1.54) is 29.5 Å². The molecule has 4 rings (SSSR count). The summed E-state index contributed by atoms with van der Waals surface area (Å²) in [5, 5.41) is 2.45. The number of para-hydroxylation sites is 1. The van der Waals surface area contributed by atoms with E-state index in [0.717, 1.165) is 37.1 Å². The second-order valence-electron chi connectivity index (χ2n) is 7.67. The molecule has 1 aliphatic rings. The fourth-order valence-corrected chi connectivity index (χ4v) is 5.80. The highest BCUT2D eigenvalue weighted by Gasteiger charge is 2.26. The van der Waals surface area contributed by atoms with E-state index in [1.807, 2.05) is 40.6 Å². The van der Waals surface area contributed by atoms with Gasteiger partial charge in [0.15, 0.2) is 5.16 Å². The van der Waals surface area contributed by atoms with Gasteiger partial charge in [-0.15, -0.1) is 11.3 Å². The van der Waals surface area contributed by atoms with Gasteiger partial charge in [-0.3, -0.25) is 14.2 Å². The lowest BCUT2D eigenvalue weighted by atomic mass is 10.0. The quantitative estimate of drug-likeness (QED) is 0.389. The van der Waals surface area contributed by atoms with Crippen LogP contribution in [0.25, 0.3) is 10.2 Å². The van der Waals surface area contributed by atoms with Gasteiger partial charge in [0.05, 0.1) is 24.9 Å². The number of hydrogen-bond donors (Lipinski definition) is 0. The average Bonchev–Trinajstić information content (AvgIpc) is 3.28.